The van der Waals surface area contributed by atoms with Crippen LogP contribution in [0.3, 0.4) is 0 Å². The third-order valence-corrected chi connectivity index (χ3v) is 2.67. The van der Waals surface area contributed by atoms with Gasteiger partial charge in [-0.05, 0) is 45.0 Å². The lowest BCUT2D eigenvalue weighted by Gasteiger charge is -2.30. The molecule has 0 spiro atoms. The van der Waals surface area contributed by atoms with Gasteiger partial charge in [-0.1, -0.05) is 0 Å². The molecule has 3 nitrogen and oxygen atoms in total. The monoisotopic (exact) mass is 203 g/mol. The van der Waals surface area contributed by atoms with E-state index in [-0.39, 0.29) is 5.54 Å². The van der Waals surface area contributed by atoms with Crippen molar-refractivity contribution < 1.29 is 0 Å². The number of hydrazone groups is 1. The largest absolute Gasteiger partial charge is 0.399 e. The molecule has 1 aromatic rings. The van der Waals surface area contributed by atoms with Crippen molar-refractivity contribution in [1.82, 2.24) is 0 Å². The summed E-state index contributed by atoms with van der Waals surface area (Å²) in [7, 11) is 0. The molecular formula is C12H17N3. The van der Waals surface area contributed by atoms with Gasteiger partial charge in [0.1, 0.15) is 0 Å². The van der Waals surface area contributed by atoms with E-state index in [1.54, 1.807) is 0 Å². The zero-order chi connectivity index (χ0) is 11.1. The summed E-state index contributed by atoms with van der Waals surface area (Å²) in [5.41, 5.74) is 8.80. The van der Waals surface area contributed by atoms with Crippen molar-refractivity contribution in [3.8, 4) is 0 Å². The zero-order valence-corrected chi connectivity index (χ0v) is 9.49. The van der Waals surface area contributed by atoms with Gasteiger partial charge in [0.25, 0.3) is 0 Å². The van der Waals surface area contributed by atoms with E-state index in [1.165, 1.54) is 5.71 Å². The van der Waals surface area contributed by atoms with Crippen molar-refractivity contribution in [3.63, 3.8) is 0 Å². The zero-order valence-electron chi connectivity index (χ0n) is 9.49. The molecule has 2 N–H and O–H groups in total. The maximum Gasteiger partial charge on any atom is 0.0631 e. The number of hydrogen-bond acceptors (Lipinski definition) is 3. The van der Waals surface area contributed by atoms with Crippen LogP contribution < -0.4 is 10.7 Å². The van der Waals surface area contributed by atoms with Crippen molar-refractivity contribution in [2.75, 3.05) is 10.7 Å². The Morgan fingerprint density at radius 3 is 2.33 bits per heavy atom. The second-order valence-corrected chi connectivity index (χ2v) is 4.73. The van der Waals surface area contributed by atoms with Gasteiger partial charge in [-0.25, -0.2) is 0 Å². The van der Waals surface area contributed by atoms with E-state index in [1.807, 2.05) is 24.3 Å². The van der Waals surface area contributed by atoms with Crippen LogP contribution in [-0.4, -0.2) is 11.3 Å². The Balaban J connectivity index is 2.35. The lowest BCUT2D eigenvalue weighted by molar-refractivity contribution is 0.516. The molecule has 0 bridgehead atoms. The lowest BCUT2D eigenvalue weighted by atomic mass is 9.98. The molecule has 0 aliphatic carbocycles. The number of hydrogen-bond donors (Lipinski definition) is 1. The van der Waals surface area contributed by atoms with E-state index in [2.05, 4.69) is 30.9 Å². The standard InChI is InChI=1S/C12H17N3/c1-9-8-12(2,3)15(14-9)11-6-4-10(13)5-7-11/h4-7H,8,13H2,1-3H3. The van der Waals surface area contributed by atoms with Gasteiger partial charge in [0.05, 0.1) is 11.2 Å². The van der Waals surface area contributed by atoms with Crippen LogP contribution in [0.25, 0.3) is 0 Å². The molecule has 3 heteroatoms. The summed E-state index contributed by atoms with van der Waals surface area (Å²) >= 11 is 0. The first-order valence-corrected chi connectivity index (χ1v) is 5.19. The second-order valence-electron chi connectivity index (χ2n) is 4.73. The highest BCUT2D eigenvalue weighted by Crippen LogP contribution is 2.32. The van der Waals surface area contributed by atoms with Gasteiger partial charge >= 0.3 is 0 Å². The van der Waals surface area contributed by atoms with Crippen molar-refractivity contribution >= 4 is 17.1 Å². The molecule has 0 saturated carbocycles. The van der Waals surface area contributed by atoms with Crippen LogP contribution >= 0.6 is 0 Å². The maximum atomic E-state index is 5.67. The molecule has 0 amide bonds. The summed E-state index contributed by atoms with van der Waals surface area (Å²) in [5.74, 6) is 0. The maximum absolute atomic E-state index is 5.67. The summed E-state index contributed by atoms with van der Waals surface area (Å²) in [6, 6.07) is 7.85. The molecule has 1 aliphatic heterocycles. The van der Waals surface area contributed by atoms with Crippen molar-refractivity contribution in [1.29, 1.82) is 0 Å². The molecule has 15 heavy (non-hydrogen) atoms. The van der Waals surface area contributed by atoms with Gasteiger partial charge in [0, 0.05) is 17.8 Å². The highest BCUT2D eigenvalue weighted by atomic mass is 15.5. The second kappa shape index (κ2) is 3.26. The van der Waals surface area contributed by atoms with Crippen LogP contribution in [-0.2, 0) is 0 Å². The minimum absolute atomic E-state index is 0.0696. The van der Waals surface area contributed by atoms with Crippen LogP contribution in [0, 0.1) is 0 Å². The summed E-state index contributed by atoms with van der Waals surface area (Å²) < 4.78 is 0. The number of anilines is 2. The number of nitrogens with zero attached hydrogens (tertiary/aromatic N) is 2. The fourth-order valence-electron chi connectivity index (χ4n) is 2.07. The first-order chi connectivity index (χ1) is 6.99. The third-order valence-electron chi connectivity index (χ3n) is 2.67. The average molecular weight is 203 g/mol. The van der Waals surface area contributed by atoms with E-state index >= 15 is 0 Å². The van der Waals surface area contributed by atoms with Crippen LogP contribution in [0.5, 0.6) is 0 Å². The number of rotatable bonds is 1. The Labute approximate surface area is 90.6 Å². The smallest absolute Gasteiger partial charge is 0.0631 e. The molecule has 0 atom stereocenters. The van der Waals surface area contributed by atoms with Gasteiger partial charge in [-0.15, -0.1) is 0 Å². The molecule has 1 aliphatic rings. The molecule has 0 aromatic heterocycles. The average Bonchev–Trinajstić information content (AvgIpc) is 2.41. The Morgan fingerprint density at radius 1 is 1.27 bits per heavy atom. The number of nitrogen functional groups attached to an aromatic ring is 1. The summed E-state index contributed by atoms with van der Waals surface area (Å²) in [5, 5.41) is 6.62. The Bertz CT molecular complexity index is 390. The SMILES string of the molecule is CC1=NN(c2ccc(N)cc2)C(C)(C)C1. The predicted octanol–water partition coefficient (Wildman–Crippen LogP) is 2.63. The van der Waals surface area contributed by atoms with Gasteiger partial charge in [-0.3, -0.25) is 5.01 Å². The van der Waals surface area contributed by atoms with Gasteiger partial charge in [0.2, 0.25) is 0 Å². The highest BCUT2D eigenvalue weighted by molar-refractivity contribution is 5.87. The van der Waals surface area contributed by atoms with Gasteiger partial charge in [0.15, 0.2) is 0 Å². The molecule has 0 radical (unpaired) electrons. The normalized spacial score (nSPS) is 19.1. The van der Waals surface area contributed by atoms with Gasteiger partial charge in [-0.2, -0.15) is 5.10 Å². The summed E-state index contributed by atoms with van der Waals surface area (Å²) in [6.07, 6.45) is 1.01. The number of benzene rings is 1. The quantitative estimate of drug-likeness (QED) is 0.713. The molecule has 0 saturated heterocycles. The number of nitrogens with two attached hydrogens (primary N) is 1. The minimum atomic E-state index is 0.0696. The van der Waals surface area contributed by atoms with E-state index in [9.17, 15) is 0 Å². The van der Waals surface area contributed by atoms with Crippen molar-refractivity contribution in [2.24, 2.45) is 5.10 Å². The fraction of sp³-hybridized carbons (Fsp3) is 0.417. The van der Waals surface area contributed by atoms with Crippen LogP contribution in [0.1, 0.15) is 27.2 Å². The van der Waals surface area contributed by atoms with E-state index in [0.717, 1.165) is 17.8 Å². The van der Waals surface area contributed by atoms with Crippen LogP contribution in [0.4, 0.5) is 11.4 Å². The van der Waals surface area contributed by atoms with Crippen LogP contribution in [0.15, 0.2) is 29.4 Å². The Morgan fingerprint density at radius 2 is 1.87 bits per heavy atom. The molecule has 0 fully saturated rings. The topological polar surface area (TPSA) is 41.6 Å². The van der Waals surface area contributed by atoms with Crippen LogP contribution in [0.2, 0.25) is 0 Å². The fourth-order valence-corrected chi connectivity index (χ4v) is 2.07. The molecule has 1 aromatic carbocycles. The highest BCUT2D eigenvalue weighted by Gasteiger charge is 2.32. The molecule has 80 valence electrons. The van der Waals surface area contributed by atoms with Crippen molar-refractivity contribution in [3.05, 3.63) is 24.3 Å². The molecule has 1 heterocycles. The Kier molecular flexibility index (Phi) is 2.18. The summed E-state index contributed by atoms with van der Waals surface area (Å²) in [6.45, 7) is 6.46. The van der Waals surface area contributed by atoms with Gasteiger partial charge < -0.3 is 5.73 Å². The predicted molar refractivity (Wildman–Crippen MR) is 65.1 cm³/mol. The summed E-state index contributed by atoms with van der Waals surface area (Å²) in [4.78, 5) is 0. The first kappa shape index (κ1) is 10.0. The van der Waals surface area contributed by atoms with Crippen molar-refractivity contribution in [2.45, 2.75) is 32.7 Å². The first-order valence-electron chi connectivity index (χ1n) is 5.19. The molecule has 0 unspecified atom stereocenters. The molecular weight excluding hydrogens is 186 g/mol. The Hall–Kier alpha value is -1.51. The molecule has 2 rings (SSSR count). The minimum Gasteiger partial charge on any atom is -0.399 e. The van der Waals surface area contributed by atoms with E-state index < -0.39 is 0 Å². The van der Waals surface area contributed by atoms with E-state index in [0.29, 0.717) is 0 Å². The lowest BCUT2D eigenvalue weighted by Crippen LogP contribution is -2.36. The third kappa shape index (κ3) is 1.82. The van der Waals surface area contributed by atoms with E-state index in [4.69, 9.17) is 5.73 Å².